The molecule has 0 bridgehead atoms. The molecule has 15 heavy (non-hydrogen) atoms. The number of hydrogen-bond donors (Lipinski definition) is 0. The van der Waals surface area contributed by atoms with Crippen molar-refractivity contribution in [2.24, 2.45) is 0 Å². The summed E-state index contributed by atoms with van der Waals surface area (Å²) in [6, 6.07) is 7.16. The van der Waals surface area contributed by atoms with E-state index in [9.17, 15) is 8.42 Å². The monoisotopic (exact) mass is 248 g/mol. The van der Waals surface area contributed by atoms with Gasteiger partial charge in [-0.3, -0.25) is 0 Å². The number of halogens is 1. The Morgan fingerprint density at radius 2 is 1.87 bits per heavy atom. The first kappa shape index (κ1) is 12.5. The molecule has 0 aliphatic heterocycles. The normalized spacial score (nSPS) is 13.8. The Balaban J connectivity index is 2.81. The lowest BCUT2D eigenvalue weighted by Crippen LogP contribution is -1.98. The van der Waals surface area contributed by atoms with E-state index in [2.05, 4.69) is 0 Å². The highest BCUT2D eigenvalue weighted by atomic mass is 35.7. The van der Waals surface area contributed by atoms with Crippen LogP contribution < -0.4 is 0 Å². The second-order valence-corrected chi connectivity index (χ2v) is 6.08. The lowest BCUT2D eigenvalue weighted by Gasteiger charge is -2.09. The average Bonchev–Trinajstić information content (AvgIpc) is 2.15. The number of rotatable bonds is 4. The fraction of sp³-hybridized carbons (Fsp3) is 0.400. The van der Waals surface area contributed by atoms with Crippen LogP contribution in [0, 0.1) is 0 Å². The first-order chi connectivity index (χ1) is 6.92. The predicted octanol–water partition coefficient (Wildman–Crippen LogP) is 2.46. The van der Waals surface area contributed by atoms with Gasteiger partial charge in [-0.2, -0.15) is 0 Å². The molecule has 0 aliphatic rings. The van der Waals surface area contributed by atoms with Gasteiger partial charge in [0, 0.05) is 17.8 Å². The summed E-state index contributed by atoms with van der Waals surface area (Å²) in [5, 5.41) is 0. The first-order valence-electron chi connectivity index (χ1n) is 4.46. The van der Waals surface area contributed by atoms with Crippen molar-refractivity contribution in [1.29, 1.82) is 0 Å². The highest BCUT2D eigenvalue weighted by molar-refractivity contribution is 8.13. The van der Waals surface area contributed by atoms with Crippen LogP contribution >= 0.6 is 10.7 Å². The number of ether oxygens (including phenoxy) is 1. The van der Waals surface area contributed by atoms with E-state index in [4.69, 9.17) is 15.4 Å². The van der Waals surface area contributed by atoms with Crippen LogP contribution in [0.2, 0.25) is 0 Å². The van der Waals surface area contributed by atoms with Gasteiger partial charge >= 0.3 is 0 Å². The standard InChI is InChI=1S/C10H13ClO3S/c1-8(14-2)10-5-3-9(4-6-10)7-15(11,12)13/h3-6,8H,7H2,1-2H3. The highest BCUT2D eigenvalue weighted by Gasteiger charge is 2.08. The Morgan fingerprint density at radius 1 is 1.33 bits per heavy atom. The summed E-state index contributed by atoms with van der Waals surface area (Å²) in [6.45, 7) is 1.92. The Labute approximate surface area is 94.4 Å². The van der Waals surface area contributed by atoms with E-state index >= 15 is 0 Å². The molecule has 3 nitrogen and oxygen atoms in total. The zero-order valence-corrected chi connectivity index (χ0v) is 10.2. The van der Waals surface area contributed by atoms with Gasteiger partial charge in [0.05, 0.1) is 11.9 Å². The molecule has 0 saturated carbocycles. The molecule has 1 rings (SSSR count). The second-order valence-electron chi connectivity index (χ2n) is 3.30. The van der Waals surface area contributed by atoms with Gasteiger partial charge in [0.2, 0.25) is 9.05 Å². The second kappa shape index (κ2) is 4.96. The van der Waals surface area contributed by atoms with Crippen LogP contribution in [0.3, 0.4) is 0 Å². The van der Waals surface area contributed by atoms with E-state index in [0.29, 0.717) is 5.56 Å². The van der Waals surface area contributed by atoms with Crippen molar-refractivity contribution in [3.05, 3.63) is 35.4 Å². The molecule has 0 N–H and O–H groups in total. The van der Waals surface area contributed by atoms with E-state index in [1.165, 1.54) is 0 Å². The molecule has 1 aromatic carbocycles. The largest absolute Gasteiger partial charge is 0.377 e. The van der Waals surface area contributed by atoms with Gasteiger partial charge < -0.3 is 4.74 Å². The third-order valence-electron chi connectivity index (χ3n) is 2.14. The summed E-state index contributed by atoms with van der Waals surface area (Å²) in [4.78, 5) is 0. The van der Waals surface area contributed by atoms with Crippen molar-refractivity contribution in [2.45, 2.75) is 18.8 Å². The molecule has 1 aromatic rings. The molecule has 0 aromatic heterocycles. The summed E-state index contributed by atoms with van der Waals surface area (Å²) in [6.07, 6.45) is 0.00617. The van der Waals surface area contributed by atoms with Crippen molar-refractivity contribution in [1.82, 2.24) is 0 Å². The van der Waals surface area contributed by atoms with Gasteiger partial charge in [-0.15, -0.1) is 0 Å². The van der Waals surface area contributed by atoms with E-state index < -0.39 is 9.05 Å². The van der Waals surface area contributed by atoms with E-state index in [1.54, 1.807) is 19.2 Å². The van der Waals surface area contributed by atoms with Crippen molar-refractivity contribution < 1.29 is 13.2 Å². The molecule has 1 atom stereocenters. The molecule has 0 saturated heterocycles. The van der Waals surface area contributed by atoms with E-state index in [-0.39, 0.29) is 11.9 Å². The Hall–Kier alpha value is -0.580. The van der Waals surface area contributed by atoms with Gasteiger partial charge in [-0.25, -0.2) is 8.42 Å². The van der Waals surface area contributed by atoms with Crippen molar-refractivity contribution in [3.63, 3.8) is 0 Å². The number of benzene rings is 1. The fourth-order valence-electron chi connectivity index (χ4n) is 1.22. The minimum Gasteiger partial charge on any atom is -0.377 e. The van der Waals surface area contributed by atoms with Gasteiger partial charge in [0.15, 0.2) is 0 Å². The molecular formula is C10H13ClO3S. The van der Waals surface area contributed by atoms with Crippen LogP contribution in [0.4, 0.5) is 0 Å². The maximum Gasteiger partial charge on any atom is 0.236 e. The number of hydrogen-bond acceptors (Lipinski definition) is 3. The first-order valence-corrected chi connectivity index (χ1v) is 6.94. The van der Waals surface area contributed by atoms with Crippen molar-refractivity contribution >= 4 is 19.7 Å². The maximum absolute atomic E-state index is 10.8. The third-order valence-corrected chi connectivity index (χ3v) is 3.15. The van der Waals surface area contributed by atoms with Crippen molar-refractivity contribution in [2.75, 3.05) is 7.11 Å². The predicted molar refractivity (Wildman–Crippen MR) is 60.3 cm³/mol. The quantitative estimate of drug-likeness (QED) is 0.769. The minimum atomic E-state index is -3.47. The third kappa shape index (κ3) is 4.20. The van der Waals surface area contributed by atoms with Crippen LogP contribution in [0.25, 0.3) is 0 Å². The molecular weight excluding hydrogens is 236 g/mol. The lowest BCUT2D eigenvalue weighted by atomic mass is 10.1. The van der Waals surface area contributed by atoms with Gasteiger partial charge in [0.25, 0.3) is 0 Å². The van der Waals surface area contributed by atoms with Crippen LogP contribution in [0.1, 0.15) is 24.2 Å². The van der Waals surface area contributed by atoms with Crippen molar-refractivity contribution in [3.8, 4) is 0 Å². The molecule has 1 unspecified atom stereocenters. The Bertz CT molecular complexity index is 411. The summed E-state index contributed by atoms with van der Waals surface area (Å²) >= 11 is 0. The van der Waals surface area contributed by atoms with E-state index in [1.807, 2.05) is 19.1 Å². The highest BCUT2D eigenvalue weighted by Crippen LogP contribution is 2.17. The zero-order chi connectivity index (χ0) is 11.5. The summed E-state index contributed by atoms with van der Waals surface area (Å²) in [5.41, 5.74) is 1.69. The molecule has 5 heteroatoms. The smallest absolute Gasteiger partial charge is 0.236 e. The van der Waals surface area contributed by atoms with Gasteiger partial charge in [-0.05, 0) is 18.1 Å². The molecule has 0 heterocycles. The molecule has 0 radical (unpaired) electrons. The fourth-order valence-corrected chi connectivity index (χ4v) is 2.19. The van der Waals surface area contributed by atoms with E-state index in [0.717, 1.165) is 5.56 Å². The summed E-state index contributed by atoms with van der Waals surface area (Å²) in [5.74, 6) is -0.143. The molecule has 84 valence electrons. The SMILES string of the molecule is COC(C)c1ccc(CS(=O)(=O)Cl)cc1. The van der Waals surface area contributed by atoms with Crippen LogP contribution in [-0.2, 0) is 19.5 Å². The summed E-state index contributed by atoms with van der Waals surface area (Å²) < 4.78 is 26.8. The summed E-state index contributed by atoms with van der Waals surface area (Å²) in [7, 11) is 3.30. The molecule has 0 amide bonds. The zero-order valence-electron chi connectivity index (χ0n) is 8.60. The van der Waals surface area contributed by atoms with Crippen LogP contribution in [-0.4, -0.2) is 15.5 Å². The molecule has 0 aliphatic carbocycles. The number of methoxy groups -OCH3 is 1. The molecule has 0 fully saturated rings. The van der Waals surface area contributed by atoms with Crippen LogP contribution in [0.15, 0.2) is 24.3 Å². The average molecular weight is 249 g/mol. The lowest BCUT2D eigenvalue weighted by molar-refractivity contribution is 0.119. The Kier molecular flexibility index (Phi) is 4.13. The van der Waals surface area contributed by atoms with Gasteiger partial charge in [0.1, 0.15) is 0 Å². The maximum atomic E-state index is 10.8. The molecule has 0 spiro atoms. The van der Waals surface area contributed by atoms with Gasteiger partial charge in [-0.1, -0.05) is 24.3 Å². The minimum absolute atomic E-state index is 0.00617. The topological polar surface area (TPSA) is 43.4 Å². The van der Waals surface area contributed by atoms with Crippen LogP contribution in [0.5, 0.6) is 0 Å². The Morgan fingerprint density at radius 3 is 2.27 bits per heavy atom.